The highest BCUT2D eigenvalue weighted by atomic mass is 79.9. The van der Waals surface area contributed by atoms with E-state index in [2.05, 4.69) is 30.9 Å². The highest BCUT2D eigenvalue weighted by molar-refractivity contribution is 9.10. The van der Waals surface area contributed by atoms with Gasteiger partial charge in [-0.25, -0.2) is 4.98 Å². The number of aromatic amines is 1. The first-order chi connectivity index (χ1) is 8.61. The molecule has 0 radical (unpaired) electrons. The van der Waals surface area contributed by atoms with E-state index in [0.717, 1.165) is 5.56 Å². The summed E-state index contributed by atoms with van der Waals surface area (Å²) in [6.45, 7) is 2.22. The fourth-order valence-corrected chi connectivity index (χ4v) is 1.77. The Balaban J connectivity index is 2.51. The van der Waals surface area contributed by atoms with Crippen LogP contribution in [0.4, 0.5) is 0 Å². The molecule has 0 amide bonds. The van der Waals surface area contributed by atoms with Crippen molar-refractivity contribution in [1.29, 1.82) is 0 Å². The molecule has 0 saturated carbocycles. The maximum atomic E-state index is 11.7. The lowest BCUT2D eigenvalue weighted by Crippen LogP contribution is -2.14. The number of hydrogen-bond donors (Lipinski definition) is 1. The molecule has 5 nitrogen and oxygen atoms in total. The molecule has 2 rings (SSSR count). The van der Waals surface area contributed by atoms with Crippen LogP contribution in [0.15, 0.2) is 27.6 Å². The van der Waals surface area contributed by atoms with Gasteiger partial charge in [0.25, 0.3) is 5.56 Å². The fourth-order valence-electron chi connectivity index (χ4n) is 1.47. The van der Waals surface area contributed by atoms with Crippen LogP contribution in [0.25, 0.3) is 11.5 Å². The van der Waals surface area contributed by atoms with Gasteiger partial charge in [0, 0.05) is 13.3 Å². The number of nitrogens with zero attached hydrogens (tertiary/aromatic N) is 2. The molecule has 2 aromatic heterocycles. The molecule has 0 bridgehead atoms. The molecule has 0 atom stereocenters. The topological polar surface area (TPSA) is 67.9 Å². The van der Waals surface area contributed by atoms with E-state index >= 15 is 0 Å². The van der Waals surface area contributed by atoms with E-state index in [1.165, 1.54) is 0 Å². The van der Waals surface area contributed by atoms with E-state index < -0.39 is 0 Å². The second-order valence-corrected chi connectivity index (χ2v) is 4.62. The van der Waals surface area contributed by atoms with E-state index in [-0.39, 0.29) is 12.2 Å². The number of methoxy groups -OCH3 is 1. The van der Waals surface area contributed by atoms with Gasteiger partial charge < -0.3 is 9.72 Å². The van der Waals surface area contributed by atoms with Crippen molar-refractivity contribution in [3.8, 4) is 11.5 Å². The maximum absolute atomic E-state index is 11.7. The van der Waals surface area contributed by atoms with E-state index in [9.17, 15) is 4.79 Å². The van der Waals surface area contributed by atoms with Gasteiger partial charge in [0.2, 0.25) is 0 Å². The van der Waals surface area contributed by atoms with Gasteiger partial charge in [0.15, 0.2) is 5.82 Å². The van der Waals surface area contributed by atoms with Crippen molar-refractivity contribution in [2.75, 3.05) is 7.11 Å². The average Bonchev–Trinajstić information content (AvgIpc) is 2.36. The molecule has 6 heteroatoms. The quantitative estimate of drug-likeness (QED) is 0.942. The standard InChI is InChI=1S/C12H12BrN3O2/c1-7-3-4-8(14-5-7)11-15-9(6-18-2)10(13)12(17)16-11/h3-5H,6H2,1-2H3,(H,15,16,17). The predicted octanol–water partition coefficient (Wildman–Crippen LogP) is 2.05. The lowest BCUT2D eigenvalue weighted by molar-refractivity contribution is 0.180. The largest absolute Gasteiger partial charge is 0.378 e. The smallest absolute Gasteiger partial charge is 0.265 e. The van der Waals surface area contributed by atoms with Crippen LogP contribution >= 0.6 is 15.9 Å². The molecule has 0 fully saturated rings. The van der Waals surface area contributed by atoms with Gasteiger partial charge in [0.1, 0.15) is 10.2 Å². The normalized spacial score (nSPS) is 10.6. The van der Waals surface area contributed by atoms with Crippen LogP contribution < -0.4 is 5.56 Å². The van der Waals surface area contributed by atoms with Crippen LogP contribution in [0.3, 0.4) is 0 Å². The second-order valence-electron chi connectivity index (χ2n) is 3.83. The van der Waals surface area contributed by atoms with Gasteiger partial charge in [-0.2, -0.15) is 0 Å². The summed E-state index contributed by atoms with van der Waals surface area (Å²) in [7, 11) is 1.55. The number of rotatable bonds is 3. The van der Waals surface area contributed by atoms with Crippen LogP contribution in [-0.4, -0.2) is 22.1 Å². The van der Waals surface area contributed by atoms with Gasteiger partial charge in [-0.15, -0.1) is 0 Å². The Hall–Kier alpha value is -1.53. The van der Waals surface area contributed by atoms with Crippen LogP contribution in [0.1, 0.15) is 11.3 Å². The number of aryl methyl sites for hydroxylation is 1. The Morgan fingerprint density at radius 3 is 2.83 bits per heavy atom. The van der Waals surface area contributed by atoms with Gasteiger partial charge in [-0.3, -0.25) is 9.78 Å². The Kier molecular flexibility index (Phi) is 3.88. The molecule has 18 heavy (non-hydrogen) atoms. The fraction of sp³-hybridized carbons (Fsp3) is 0.250. The zero-order chi connectivity index (χ0) is 13.1. The van der Waals surface area contributed by atoms with Crippen molar-refractivity contribution < 1.29 is 4.74 Å². The molecule has 0 spiro atoms. The highest BCUT2D eigenvalue weighted by Crippen LogP contribution is 2.15. The number of H-pyrrole nitrogens is 1. The van der Waals surface area contributed by atoms with E-state index in [1.807, 2.05) is 19.1 Å². The minimum atomic E-state index is -0.241. The number of pyridine rings is 1. The molecule has 0 aliphatic carbocycles. The second kappa shape index (κ2) is 5.41. The summed E-state index contributed by atoms with van der Waals surface area (Å²) in [5.74, 6) is 0.440. The molecular weight excluding hydrogens is 298 g/mol. The van der Waals surface area contributed by atoms with Crippen LogP contribution in [0.5, 0.6) is 0 Å². The monoisotopic (exact) mass is 309 g/mol. The van der Waals surface area contributed by atoms with Crippen molar-refractivity contribution in [2.24, 2.45) is 0 Å². The number of halogens is 1. The van der Waals surface area contributed by atoms with E-state index in [1.54, 1.807) is 13.3 Å². The van der Waals surface area contributed by atoms with Crippen molar-refractivity contribution >= 4 is 15.9 Å². The van der Waals surface area contributed by atoms with Gasteiger partial charge in [-0.05, 0) is 34.5 Å². The first-order valence-electron chi connectivity index (χ1n) is 5.32. The number of hydrogen-bond acceptors (Lipinski definition) is 4. The Labute approximate surface area is 112 Å². The molecule has 0 aliphatic heterocycles. The third kappa shape index (κ3) is 2.65. The number of nitrogens with one attached hydrogen (secondary N) is 1. The third-order valence-electron chi connectivity index (χ3n) is 2.37. The van der Waals surface area contributed by atoms with Gasteiger partial charge in [-0.1, -0.05) is 6.07 Å². The summed E-state index contributed by atoms with van der Waals surface area (Å²) >= 11 is 3.19. The SMILES string of the molecule is COCc1nc(-c2ccc(C)cn2)[nH]c(=O)c1Br. The maximum Gasteiger partial charge on any atom is 0.265 e. The van der Waals surface area contributed by atoms with Crippen molar-refractivity contribution in [3.63, 3.8) is 0 Å². The summed E-state index contributed by atoms with van der Waals surface area (Å²) < 4.78 is 5.40. The molecule has 0 unspecified atom stereocenters. The lowest BCUT2D eigenvalue weighted by Gasteiger charge is -2.05. The molecular formula is C12H12BrN3O2. The molecule has 0 aliphatic rings. The Bertz CT molecular complexity index is 608. The average molecular weight is 310 g/mol. The summed E-state index contributed by atoms with van der Waals surface area (Å²) in [6.07, 6.45) is 1.73. The minimum absolute atomic E-state index is 0.241. The van der Waals surface area contributed by atoms with Gasteiger partial charge >= 0.3 is 0 Å². The Morgan fingerprint density at radius 1 is 1.44 bits per heavy atom. The van der Waals surface area contributed by atoms with Crippen molar-refractivity contribution in [2.45, 2.75) is 13.5 Å². The van der Waals surface area contributed by atoms with E-state index in [0.29, 0.717) is 21.7 Å². The number of ether oxygens (including phenoxy) is 1. The zero-order valence-electron chi connectivity index (χ0n) is 10.0. The van der Waals surface area contributed by atoms with Crippen LogP contribution in [0.2, 0.25) is 0 Å². The van der Waals surface area contributed by atoms with Gasteiger partial charge in [0.05, 0.1) is 12.3 Å². The Morgan fingerprint density at radius 2 is 2.22 bits per heavy atom. The van der Waals surface area contributed by atoms with Crippen molar-refractivity contribution in [3.05, 3.63) is 44.4 Å². The number of aromatic nitrogens is 3. The third-order valence-corrected chi connectivity index (χ3v) is 3.18. The van der Waals surface area contributed by atoms with E-state index in [4.69, 9.17) is 4.74 Å². The molecule has 94 valence electrons. The minimum Gasteiger partial charge on any atom is -0.378 e. The molecule has 0 aromatic carbocycles. The summed E-state index contributed by atoms with van der Waals surface area (Å²) in [5, 5.41) is 0. The predicted molar refractivity (Wildman–Crippen MR) is 71.2 cm³/mol. The first-order valence-corrected chi connectivity index (χ1v) is 6.11. The first kappa shape index (κ1) is 12.9. The summed E-state index contributed by atoms with van der Waals surface area (Å²) in [6, 6.07) is 3.73. The summed E-state index contributed by atoms with van der Waals surface area (Å²) in [4.78, 5) is 23.0. The highest BCUT2D eigenvalue weighted by Gasteiger charge is 2.10. The molecule has 1 N–H and O–H groups in total. The summed E-state index contributed by atoms with van der Waals surface area (Å²) in [5.41, 5.74) is 1.99. The zero-order valence-corrected chi connectivity index (χ0v) is 11.6. The van der Waals surface area contributed by atoms with Crippen molar-refractivity contribution in [1.82, 2.24) is 15.0 Å². The molecule has 2 heterocycles. The van der Waals surface area contributed by atoms with Crippen LogP contribution in [-0.2, 0) is 11.3 Å². The van der Waals surface area contributed by atoms with Crippen LogP contribution in [0, 0.1) is 6.92 Å². The molecule has 0 saturated heterocycles. The lowest BCUT2D eigenvalue weighted by atomic mass is 10.2. The molecule has 2 aromatic rings.